The van der Waals surface area contributed by atoms with E-state index in [2.05, 4.69) is 5.10 Å². The predicted octanol–water partition coefficient (Wildman–Crippen LogP) is 1.16. The number of nitrogens with zero attached hydrogens (tertiary/aromatic N) is 3. The van der Waals surface area contributed by atoms with Gasteiger partial charge in [0.15, 0.2) is 11.3 Å². The van der Waals surface area contributed by atoms with Gasteiger partial charge < -0.3 is 10.9 Å². The molecule has 2 N–H and O–H groups in total. The van der Waals surface area contributed by atoms with Crippen molar-refractivity contribution in [3.63, 3.8) is 0 Å². The minimum Gasteiger partial charge on any atom is -0.619 e. The Kier molecular flexibility index (Phi) is 3.39. The van der Waals surface area contributed by atoms with E-state index in [4.69, 9.17) is 17.3 Å². The molecule has 0 aliphatic rings. The summed E-state index contributed by atoms with van der Waals surface area (Å²) >= 11 is 5.68. The van der Waals surface area contributed by atoms with Crippen LogP contribution < -0.4 is 10.5 Å². The number of aromatic nitrogens is 3. The molecule has 0 bridgehead atoms. The second-order valence-corrected chi connectivity index (χ2v) is 3.10. The molecule has 0 aliphatic carbocycles. The van der Waals surface area contributed by atoms with E-state index < -0.39 is 0 Å². The van der Waals surface area contributed by atoms with Crippen molar-refractivity contribution in [1.29, 1.82) is 0 Å². The van der Waals surface area contributed by atoms with Gasteiger partial charge in [-0.25, -0.2) is 4.68 Å². The van der Waals surface area contributed by atoms with E-state index in [1.54, 1.807) is 18.3 Å². The van der Waals surface area contributed by atoms with E-state index in [-0.39, 0.29) is 17.6 Å². The molecule has 0 saturated carbocycles. The topological polar surface area (TPSA) is 70.8 Å². The molecule has 0 aliphatic heterocycles. The normalized spacial score (nSPS) is 9.67. The number of pyridine rings is 1. The number of halogens is 2. The molecule has 0 amide bonds. The fourth-order valence-corrected chi connectivity index (χ4v) is 1.21. The van der Waals surface area contributed by atoms with Crippen LogP contribution in [-0.4, -0.2) is 9.78 Å². The van der Waals surface area contributed by atoms with Crippen LogP contribution in [0.25, 0.3) is 5.69 Å². The highest BCUT2D eigenvalue weighted by Crippen LogP contribution is 2.17. The Balaban J connectivity index is 0.00000112. The second-order valence-electron chi connectivity index (χ2n) is 2.74. The van der Waals surface area contributed by atoms with Crippen LogP contribution >= 0.6 is 24.0 Å². The van der Waals surface area contributed by atoms with Crippen molar-refractivity contribution in [3.8, 4) is 5.69 Å². The molecule has 7 heteroatoms. The third-order valence-electron chi connectivity index (χ3n) is 1.72. The molecule has 0 aromatic carbocycles. The summed E-state index contributed by atoms with van der Waals surface area (Å²) in [6.45, 7) is 0. The molecule has 2 aromatic rings. The molecule has 0 radical (unpaired) electrons. The Labute approximate surface area is 97.1 Å². The van der Waals surface area contributed by atoms with Crippen molar-refractivity contribution in [2.24, 2.45) is 0 Å². The summed E-state index contributed by atoms with van der Waals surface area (Å²) < 4.78 is 2.13. The summed E-state index contributed by atoms with van der Waals surface area (Å²) in [4.78, 5) is 0. The summed E-state index contributed by atoms with van der Waals surface area (Å²) in [5, 5.41) is 15.1. The van der Waals surface area contributed by atoms with E-state index in [0.29, 0.717) is 16.1 Å². The van der Waals surface area contributed by atoms with Gasteiger partial charge in [-0.1, -0.05) is 11.6 Å². The van der Waals surface area contributed by atoms with E-state index in [9.17, 15) is 5.21 Å². The Morgan fingerprint density at radius 3 is 2.80 bits per heavy atom. The van der Waals surface area contributed by atoms with Gasteiger partial charge in [-0.05, 0) is 6.07 Å². The first-order valence-electron chi connectivity index (χ1n) is 3.86. The highest BCUT2D eigenvalue weighted by atomic mass is 35.5. The van der Waals surface area contributed by atoms with Gasteiger partial charge in [0.1, 0.15) is 5.69 Å². The van der Waals surface area contributed by atoms with E-state index in [1.165, 1.54) is 17.1 Å². The SMILES string of the molecule is Cl.Nc1cn(-c2ccc[n+]([O-])c2)nc1Cl. The number of nitrogen functional groups attached to an aromatic ring is 1. The Morgan fingerprint density at radius 2 is 2.27 bits per heavy atom. The first-order valence-corrected chi connectivity index (χ1v) is 4.24. The second kappa shape index (κ2) is 4.37. The zero-order chi connectivity index (χ0) is 10.1. The maximum absolute atomic E-state index is 11.0. The minimum atomic E-state index is 0. The molecular weight excluding hydrogens is 239 g/mol. The Hall–Kier alpha value is -1.46. The van der Waals surface area contributed by atoms with Crippen molar-refractivity contribution in [2.45, 2.75) is 0 Å². The van der Waals surface area contributed by atoms with Gasteiger partial charge in [0.2, 0.25) is 6.20 Å². The summed E-state index contributed by atoms with van der Waals surface area (Å²) in [6, 6.07) is 3.35. The maximum atomic E-state index is 11.0. The molecule has 80 valence electrons. The molecule has 15 heavy (non-hydrogen) atoms. The third kappa shape index (κ3) is 2.31. The molecule has 0 saturated heterocycles. The smallest absolute Gasteiger partial charge is 0.206 e. The molecule has 0 unspecified atom stereocenters. The van der Waals surface area contributed by atoms with E-state index in [1.807, 2.05) is 0 Å². The lowest BCUT2D eigenvalue weighted by atomic mass is 10.4. The monoisotopic (exact) mass is 246 g/mol. The van der Waals surface area contributed by atoms with Crippen LogP contribution in [0.3, 0.4) is 0 Å². The van der Waals surface area contributed by atoms with Crippen LogP contribution in [0.4, 0.5) is 5.69 Å². The largest absolute Gasteiger partial charge is 0.619 e. The molecule has 0 spiro atoms. The van der Waals surface area contributed by atoms with Gasteiger partial charge in [-0.3, -0.25) is 0 Å². The molecular formula is C8H8Cl2N4O. The summed E-state index contributed by atoms with van der Waals surface area (Å²) in [7, 11) is 0. The standard InChI is InChI=1S/C8H7ClN4O.ClH/c9-8-7(10)5-13(11-8)6-2-1-3-12(14)4-6;/h1-5H,10H2;1H. The van der Waals surface area contributed by atoms with Gasteiger partial charge in [0.05, 0.1) is 11.9 Å². The highest BCUT2D eigenvalue weighted by molar-refractivity contribution is 6.31. The van der Waals surface area contributed by atoms with E-state index >= 15 is 0 Å². The minimum absolute atomic E-state index is 0. The van der Waals surface area contributed by atoms with Gasteiger partial charge in [-0.2, -0.15) is 9.83 Å². The van der Waals surface area contributed by atoms with Crippen LogP contribution in [-0.2, 0) is 0 Å². The van der Waals surface area contributed by atoms with E-state index in [0.717, 1.165) is 0 Å². The van der Waals surface area contributed by atoms with Crippen LogP contribution in [0.2, 0.25) is 5.15 Å². The molecule has 0 atom stereocenters. The summed E-state index contributed by atoms with van der Waals surface area (Å²) in [5.74, 6) is 0. The first-order chi connectivity index (χ1) is 6.66. The van der Waals surface area contributed by atoms with Crippen LogP contribution in [0.1, 0.15) is 0 Å². The average molecular weight is 247 g/mol. The molecule has 2 rings (SSSR count). The lowest BCUT2D eigenvalue weighted by Crippen LogP contribution is -2.25. The van der Waals surface area contributed by atoms with Gasteiger partial charge >= 0.3 is 0 Å². The number of hydrogen-bond donors (Lipinski definition) is 1. The number of hydrogen-bond acceptors (Lipinski definition) is 3. The molecule has 2 aromatic heterocycles. The highest BCUT2D eigenvalue weighted by Gasteiger charge is 2.06. The number of nitrogens with two attached hydrogens (primary N) is 1. The van der Waals surface area contributed by atoms with Gasteiger partial charge in [-0.15, -0.1) is 12.4 Å². The van der Waals surface area contributed by atoms with Crippen LogP contribution in [0.15, 0.2) is 30.7 Å². The summed E-state index contributed by atoms with van der Waals surface area (Å²) in [6.07, 6.45) is 4.32. The first kappa shape index (κ1) is 11.6. The van der Waals surface area contributed by atoms with Crippen molar-refractivity contribution in [1.82, 2.24) is 9.78 Å². The zero-order valence-corrected chi connectivity index (χ0v) is 9.07. The van der Waals surface area contributed by atoms with Crippen molar-refractivity contribution >= 4 is 29.7 Å². The third-order valence-corrected chi connectivity index (χ3v) is 2.01. The Morgan fingerprint density at radius 1 is 1.53 bits per heavy atom. The molecule has 0 fully saturated rings. The Bertz CT molecular complexity index is 452. The summed E-state index contributed by atoms with van der Waals surface area (Å²) in [5.41, 5.74) is 6.51. The fourth-order valence-electron chi connectivity index (χ4n) is 1.08. The van der Waals surface area contributed by atoms with Gasteiger partial charge in [0.25, 0.3) is 0 Å². The quantitative estimate of drug-likeness (QED) is 0.607. The van der Waals surface area contributed by atoms with Crippen molar-refractivity contribution < 1.29 is 4.73 Å². The van der Waals surface area contributed by atoms with Crippen LogP contribution in [0, 0.1) is 5.21 Å². The predicted molar refractivity (Wildman–Crippen MR) is 59.2 cm³/mol. The molecule has 2 heterocycles. The maximum Gasteiger partial charge on any atom is 0.206 e. The zero-order valence-electron chi connectivity index (χ0n) is 7.50. The van der Waals surface area contributed by atoms with Crippen molar-refractivity contribution in [3.05, 3.63) is 41.1 Å². The average Bonchev–Trinajstić information content (AvgIpc) is 2.47. The lowest BCUT2D eigenvalue weighted by molar-refractivity contribution is -0.605. The lowest BCUT2D eigenvalue weighted by Gasteiger charge is -1.99. The van der Waals surface area contributed by atoms with Crippen molar-refractivity contribution in [2.75, 3.05) is 5.73 Å². The van der Waals surface area contributed by atoms with Gasteiger partial charge in [0, 0.05) is 6.07 Å². The van der Waals surface area contributed by atoms with Crippen LogP contribution in [0.5, 0.6) is 0 Å². The fraction of sp³-hybridized carbons (Fsp3) is 0. The number of rotatable bonds is 1. The molecule has 5 nitrogen and oxygen atoms in total. The number of anilines is 1.